The summed E-state index contributed by atoms with van der Waals surface area (Å²) < 4.78 is 0. The number of nitrogens with zero attached hydrogens (tertiary/aromatic N) is 2. The largest absolute Gasteiger partial charge is 0.378 e. The van der Waals surface area contributed by atoms with Crippen molar-refractivity contribution in [3.05, 3.63) is 64.7 Å². The lowest BCUT2D eigenvalue weighted by atomic mass is 10.0. The van der Waals surface area contributed by atoms with Crippen LogP contribution in [0.25, 0.3) is 0 Å². The lowest BCUT2D eigenvalue weighted by molar-refractivity contribution is 0.0784. The first-order chi connectivity index (χ1) is 10.4. The summed E-state index contributed by atoms with van der Waals surface area (Å²) >= 11 is 0. The molecule has 0 N–H and O–H groups in total. The SMILES string of the molecule is Cc1ccc(C(=O)N(C)Cc2ccc(N(C)C)cc2)c(C)c1. The molecule has 0 bridgehead atoms. The van der Waals surface area contributed by atoms with Crippen molar-refractivity contribution in [1.29, 1.82) is 0 Å². The summed E-state index contributed by atoms with van der Waals surface area (Å²) in [5.41, 5.74) is 5.27. The zero-order valence-electron chi connectivity index (χ0n) is 14.1. The molecule has 0 unspecified atom stereocenters. The van der Waals surface area contributed by atoms with E-state index >= 15 is 0 Å². The van der Waals surface area contributed by atoms with E-state index in [1.54, 1.807) is 4.90 Å². The number of carbonyl (C=O) groups excluding carboxylic acids is 1. The van der Waals surface area contributed by atoms with Gasteiger partial charge >= 0.3 is 0 Å². The zero-order valence-corrected chi connectivity index (χ0v) is 14.1. The molecule has 2 aromatic carbocycles. The topological polar surface area (TPSA) is 23.6 Å². The van der Waals surface area contributed by atoms with Crippen LogP contribution in [0.5, 0.6) is 0 Å². The molecule has 1 amide bonds. The van der Waals surface area contributed by atoms with Crippen molar-refractivity contribution in [2.45, 2.75) is 20.4 Å². The monoisotopic (exact) mass is 296 g/mol. The number of aryl methyl sites for hydroxylation is 2. The molecule has 3 nitrogen and oxygen atoms in total. The Labute approximate surface area is 133 Å². The molecule has 0 saturated carbocycles. The highest BCUT2D eigenvalue weighted by Crippen LogP contribution is 2.16. The van der Waals surface area contributed by atoms with Gasteiger partial charge in [0.15, 0.2) is 0 Å². The first kappa shape index (κ1) is 16.1. The van der Waals surface area contributed by atoms with E-state index in [9.17, 15) is 4.79 Å². The van der Waals surface area contributed by atoms with E-state index in [0.29, 0.717) is 6.54 Å². The van der Waals surface area contributed by atoms with Gasteiger partial charge < -0.3 is 9.80 Å². The third kappa shape index (κ3) is 3.67. The molecule has 2 rings (SSSR count). The van der Waals surface area contributed by atoms with Gasteiger partial charge in [0.05, 0.1) is 0 Å². The molecule has 0 aliphatic rings. The first-order valence-corrected chi connectivity index (χ1v) is 7.47. The molecule has 2 aromatic rings. The number of carbonyl (C=O) groups is 1. The summed E-state index contributed by atoms with van der Waals surface area (Å²) in [6.07, 6.45) is 0. The summed E-state index contributed by atoms with van der Waals surface area (Å²) in [6.45, 7) is 4.64. The van der Waals surface area contributed by atoms with Crippen molar-refractivity contribution >= 4 is 11.6 Å². The van der Waals surface area contributed by atoms with Crippen molar-refractivity contribution in [1.82, 2.24) is 4.90 Å². The van der Waals surface area contributed by atoms with Gasteiger partial charge in [0, 0.05) is 38.9 Å². The number of rotatable bonds is 4. The Bertz CT molecular complexity index is 660. The highest BCUT2D eigenvalue weighted by atomic mass is 16.2. The van der Waals surface area contributed by atoms with Gasteiger partial charge in [0.25, 0.3) is 5.91 Å². The van der Waals surface area contributed by atoms with E-state index in [4.69, 9.17) is 0 Å². The predicted molar refractivity (Wildman–Crippen MR) is 92.5 cm³/mol. The van der Waals surface area contributed by atoms with Crippen molar-refractivity contribution in [3.8, 4) is 0 Å². The van der Waals surface area contributed by atoms with Gasteiger partial charge in [-0.05, 0) is 43.2 Å². The molecule has 3 heteroatoms. The minimum atomic E-state index is 0.0641. The lowest BCUT2D eigenvalue weighted by Crippen LogP contribution is -2.26. The molecule has 22 heavy (non-hydrogen) atoms. The summed E-state index contributed by atoms with van der Waals surface area (Å²) in [6, 6.07) is 14.2. The molecule has 0 fully saturated rings. The normalized spacial score (nSPS) is 10.4. The fraction of sp³-hybridized carbons (Fsp3) is 0.316. The summed E-state index contributed by atoms with van der Waals surface area (Å²) in [7, 11) is 5.89. The van der Waals surface area contributed by atoms with Crippen LogP contribution in [0.2, 0.25) is 0 Å². The number of amides is 1. The number of benzene rings is 2. The zero-order chi connectivity index (χ0) is 16.3. The molecular weight excluding hydrogens is 272 g/mol. The third-order valence-corrected chi connectivity index (χ3v) is 3.83. The molecule has 0 heterocycles. The van der Waals surface area contributed by atoms with Gasteiger partial charge in [-0.15, -0.1) is 0 Å². The van der Waals surface area contributed by atoms with Crippen molar-refractivity contribution in [3.63, 3.8) is 0 Å². The summed E-state index contributed by atoms with van der Waals surface area (Å²) in [4.78, 5) is 16.4. The Morgan fingerprint density at radius 1 is 0.955 bits per heavy atom. The quantitative estimate of drug-likeness (QED) is 0.860. The van der Waals surface area contributed by atoms with Gasteiger partial charge in [0.2, 0.25) is 0 Å². The second-order valence-electron chi connectivity index (χ2n) is 6.04. The van der Waals surface area contributed by atoms with Crippen LogP contribution >= 0.6 is 0 Å². The predicted octanol–water partition coefficient (Wildman–Crippen LogP) is 3.64. The van der Waals surface area contributed by atoms with Crippen LogP contribution in [0.4, 0.5) is 5.69 Å². The second-order valence-corrected chi connectivity index (χ2v) is 6.04. The number of hydrogen-bond donors (Lipinski definition) is 0. The van der Waals surface area contributed by atoms with E-state index < -0.39 is 0 Å². The molecule has 0 spiro atoms. The Morgan fingerprint density at radius 2 is 1.59 bits per heavy atom. The van der Waals surface area contributed by atoms with Crippen LogP contribution in [0.1, 0.15) is 27.0 Å². The van der Waals surface area contributed by atoms with E-state index in [2.05, 4.69) is 29.2 Å². The third-order valence-electron chi connectivity index (χ3n) is 3.83. The Morgan fingerprint density at radius 3 is 2.14 bits per heavy atom. The van der Waals surface area contributed by atoms with Gasteiger partial charge in [-0.25, -0.2) is 0 Å². The van der Waals surface area contributed by atoms with Crippen LogP contribution in [-0.4, -0.2) is 32.0 Å². The van der Waals surface area contributed by atoms with Crippen LogP contribution < -0.4 is 4.90 Å². The van der Waals surface area contributed by atoms with E-state index in [-0.39, 0.29) is 5.91 Å². The maximum atomic E-state index is 12.6. The van der Waals surface area contributed by atoms with Crippen molar-refractivity contribution < 1.29 is 4.79 Å². The van der Waals surface area contributed by atoms with Crippen LogP contribution in [-0.2, 0) is 6.54 Å². The minimum Gasteiger partial charge on any atom is -0.378 e. The van der Waals surface area contributed by atoms with E-state index in [1.165, 1.54) is 5.56 Å². The maximum Gasteiger partial charge on any atom is 0.254 e. The van der Waals surface area contributed by atoms with Crippen LogP contribution in [0.15, 0.2) is 42.5 Å². The van der Waals surface area contributed by atoms with Crippen molar-refractivity contribution in [2.24, 2.45) is 0 Å². The van der Waals surface area contributed by atoms with Gasteiger partial charge in [0.1, 0.15) is 0 Å². The van der Waals surface area contributed by atoms with Gasteiger partial charge in [-0.2, -0.15) is 0 Å². The van der Waals surface area contributed by atoms with Gasteiger partial charge in [-0.3, -0.25) is 4.79 Å². The Hall–Kier alpha value is -2.29. The highest BCUT2D eigenvalue weighted by molar-refractivity contribution is 5.95. The Balaban J connectivity index is 2.11. The maximum absolute atomic E-state index is 12.6. The first-order valence-electron chi connectivity index (χ1n) is 7.47. The molecule has 0 radical (unpaired) electrons. The molecule has 0 aliphatic heterocycles. The Kier molecular flexibility index (Phi) is 4.86. The molecule has 0 aromatic heterocycles. The second kappa shape index (κ2) is 6.65. The molecular formula is C19H24N2O. The van der Waals surface area contributed by atoms with Crippen LogP contribution in [0, 0.1) is 13.8 Å². The smallest absolute Gasteiger partial charge is 0.254 e. The fourth-order valence-corrected chi connectivity index (χ4v) is 2.50. The standard InChI is InChI=1S/C19H24N2O/c1-14-6-11-18(15(2)12-14)19(22)21(5)13-16-7-9-17(10-8-16)20(3)4/h6-12H,13H2,1-5H3. The molecule has 0 saturated heterocycles. The minimum absolute atomic E-state index is 0.0641. The van der Waals surface area contributed by atoms with Crippen LogP contribution in [0.3, 0.4) is 0 Å². The molecule has 0 atom stereocenters. The number of anilines is 1. The number of hydrogen-bond acceptors (Lipinski definition) is 2. The fourth-order valence-electron chi connectivity index (χ4n) is 2.50. The van der Waals surface area contributed by atoms with E-state index in [1.807, 2.05) is 53.2 Å². The highest BCUT2D eigenvalue weighted by Gasteiger charge is 2.14. The lowest BCUT2D eigenvalue weighted by Gasteiger charge is -2.19. The summed E-state index contributed by atoms with van der Waals surface area (Å²) in [5.74, 6) is 0.0641. The van der Waals surface area contributed by atoms with Gasteiger partial charge in [-0.1, -0.05) is 29.8 Å². The molecule has 116 valence electrons. The molecule has 0 aliphatic carbocycles. The average Bonchev–Trinajstić information content (AvgIpc) is 2.47. The van der Waals surface area contributed by atoms with E-state index in [0.717, 1.165) is 22.4 Å². The average molecular weight is 296 g/mol. The summed E-state index contributed by atoms with van der Waals surface area (Å²) in [5, 5.41) is 0. The van der Waals surface area contributed by atoms with Crippen molar-refractivity contribution in [2.75, 3.05) is 26.0 Å².